The number of carbonyl (C=O) groups is 1. The lowest BCUT2D eigenvalue weighted by Gasteiger charge is -2.30. The number of nitrogens with one attached hydrogen (secondary N) is 1. The largest absolute Gasteiger partial charge is 0.383 e. The molecule has 1 saturated heterocycles. The highest BCUT2D eigenvalue weighted by Gasteiger charge is 2.26. The van der Waals surface area contributed by atoms with E-state index in [1.54, 1.807) is 7.11 Å². The highest BCUT2D eigenvalue weighted by molar-refractivity contribution is 5.76. The molecule has 3 heterocycles. The molecule has 3 rings (SSSR count). The Bertz CT molecular complexity index is 540. The van der Waals surface area contributed by atoms with Gasteiger partial charge in [-0.1, -0.05) is 0 Å². The van der Waals surface area contributed by atoms with Crippen molar-refractivity contribution < 1.29 is 14.3 Å². The van der Waals surface area contributed by atoms with Gasteiger partial charge in [-0.2, -0.15) is 0 Å². The van der Waals surface area contributed by atoms with Crippen LogP contribution in [-0.2, 0) is 27.4 Å². The maximum Gasteiger partial charge on any atom is 0.220 e. The molecule has 6 heteroatoms. The second kappa shape index (κ2) is 9.36. The van der Waals surface area contributed by atoms with Crippen LogP contribution in [0.2, 0.25) is 0 Å². The van der Waals surface area contributed by atoms with Crippen LogP contribution in [-0.4, -0.2) is 61.9 Å². The van der Waals surface area contributed by atoms with E-state index < -0.39 is 0 Å². The molecule has 0 aromatic carbocycles. The van der Waals surface area contributed by atoms with Crippen molar-refractivity contribution in [2.24, 2.45) is 11.8 Å². The third kappa shape index (κ3) is 5.56. The first kappa shape index (κ1) is 18.4. The third-order valence-electron chi connectivity index (χ3n) is 5.24. The average molecular weight is 349 g/mol. The molecule has 6 nitrogen and oxygen atoms in total. The summed E-state index contributed by atoms with van der Waals surface area (Å²) in [6, 6.07) is 4.32. The molecule has 0 unspecified atom stereocenters. The number of ether oxygens (including phenoxy) is 2. The first-order valence-corrected chi connectivity index (χ1v) is 9.44. The number of fused-ring (bicyclic) bond motifs is 1. The van der Waals surface area contributed by atoms with Gasteiger partial charge in [-0.15, -0.1) is 0 Å². The van der Waals surface area contributed by atoms with E-state index in [0.717, 1.165) is 52.2 Å². The van der Waals surface area contributed by atoms with Gasteiger partial charge >= 0.3 is 0 Å². The summed E-state index contributed by atoms with van der Waals surface area (Å²) in [5, 5.41) is 2.96. The zero-order valence-electron chi connectivity index (χ0n) is 15.3. The van der Waals surface area contributed by atoms with Crippen molar-refractivity contribution >= 4 is 5.91 Å². The normalized spacial score (nSPS) is 22.4. The van der Waals surface area contributed by atoms with Crippen LogP contribution in [0, 0.1) is 11.8 Å². The topological polar surface area (TPSA) is 55.7 Å². The zero-order chi connectivity index (χ0) is 17.5. The van der Waals surface area contributed by atoms with Gasteiger partial charge in [-0.3, -0.25) is 9.69 Å². The molecule has 0 spiro atoms. The van der Waals surface area contributed by atoms with Gasteiger partial charge in [0.05, 0.1) is 6.61 Å². The second-order valence-electron chi connectivity index (χ2n) is 7.31. The third-order valence-corrected chi connectivity index (χ3v) is 5.24. The molecule has 0 saturated carbocycles. The van der Waals surface area contributed by atoms with Crippen molar-refractivity contribution in [1.29, 1.82) is 0 Å². The lowest BCUT2D eigenvalue weighted by atomic mass is 9.98. The van der Waals surface area contributed by atoms with E-state index >= 15 is 0 Å². The number of rotatable bonds is 7. The molecule has 1 fully saturated rings. The second-order valence-corrected chi connectivity index (χ2v) is 7.31. The predicted molar refractivity (Wildman–Crippen MR) is 96.2 cm³/mol. The van der Waals surface area contributed by atoms with Crippen molar-refractivity contribution in [2.45, 2.75) is 32.4 Å². The molecule has 1 aromatic heterocycles. The van der Waals surface area contributed by atoms with Crippen molar-refractivity contribution in [2.75, 3.05) is 46.6 Å². The smallest absolute Gasteiger partial charge is 0.220 e. The summed E-state index contributed by atoms with van der Waals surface area (Å²) >= 11 is 0. The Morgan fingerprint density at radius 2 is 2.16 bits per heavy atom. The highest BCUT2D eigenvalue weighted by atomic mass is 16.5. The molecule has 1 N–H and O–H groups in total. The number of carbonyl (C=O) groups excluding carboxylic acids is 1. The summed E-state index contributed by atoms with van der Waals surface area (Å²) in [5.74, 6) is 1.19. The molecule has 0 bridgehead atoms. The van der Waals surface area contributed by atoms with Gasteiger partial charge in [-0.05, 0) is 36.8 Å². The predicted octanol–water partition coefficient (Wildman–Crippen LogP) is 1.50. The Balaban J connectivity index is 1.59. The quantitative estimate of drug-likeness (QED) is 0.758. The SMILES string of the molecule is COCCNC(=O)C[C@H]1CN(CC2CCOCC2)Cc2cccn2C1. The maximum absolute atomic E-state index is 12.2. The van der Waals surface area contributed by atoms with E-state index in [2.05, 4.69) is 33.1 Å². The van der Waals surface area contributed by atoms with E-state index in [1.165, 1.54) is 5.69 Å². The number of aromatic nitrogens is 1. The molecule has 2 aliphatic rings. The molecule has 1 aromatic rings. The Morgan fingerprint density at radius 3 is 2.96 bits per heavy atom. The maximum atomic E-state index is 12.2. The van der Waals surface area contributed by atoms with Crippen LogP contribution in [0.5, 0.6) is 0 Å². The number of nitrogens with zero attached hydrogens (tertiary/aromatic N) is 2. The van der Waals surface area contributed by atoms with Gasteiger partial charge in [0.25, 0.3) is 0 Å². The van der Waals surface area contributed by atoms with Crippen LogP contribution in [0.3, 0.4) is 0 Å². The molecule has 2 aliphatic heterocycles. The summed E-state index contributed by atoms with van der Waals surface area (Å²) in [6.45, 7) is 6.92. The van der Waals surface area contributed by atoms with Crippen molar-refractivity contribution in [1.82, 2.24) is 14.8 Å². The molecule has 0 aliphatic carbocycles. The number of hydrogen-bond donors (Lipinski definition) is 1. The van der Waals surface area contributed by atoms with E-state index in [0.29, 0.717) is 31.4 Å². The average Bonchev–Trinajstić information content (AvgIpc) is 2.96. The van der Waals surface area contributed by atoms with Crippen molar-refractivity contribution in [3.63, 3.8) is 0 Å². The van der Waals surface area contributed by atoms with E-state index in [1.807, 2.05) is 0 Å². The van der Waals surface area contributed by atoms with Crippen LogP contribution >= 0.6 is 0 Å². The fourth-order valence-corrected chi connectivity index (χ4v) is 3.95. The van der Waals surface area contributed by atoms with Crippen LogP contribution < -0.4 is 5.32 Å². The minimum atomic E-state index is 0.128. The minimum Gasteiger partial charge on any atom is -0.383 e. The van der Waals surface area contributed by atoms with E-state index in [-0.39, 0.29) is 5.91 Å². The van der Waals surface area contributed by atoms with Gasteiger partial charge in [0.15, 0.2) is 0 Å². The first-order chi connectivity index (χ1) is 12.2. The highest BCUT2D eigenvalue weighted by Crippen LogP contribution is 2.23. The number of amides is 1. The first-order valence-electron chi connectivity index (χ1n) is 9.44. The lowest BCUT2D eigenvalue weighted by Crippen LogP contribution is -2.36. The lowest BCUT2D eigenvalue weighted by molar-refractivity contribution is -0.122. The van der Waals surface area contributed by atoms with E-state index in [4.69, 9.17) is 9.47 Å². The zero-order valence-corrected chi connectivity index (χ0v) is 15.3. The standard InChI is InChI=1S/C19H31N3O3/c1-24-10-6-20-19(23)11-17-13-21(12-16-4-8-25-9-5-16)15-18-3-2-7-22(18)14-17/h2-3,7,16-17H,4-6,8-15H2,1H3,(H,20,23)/t17-/m0/s1. The monoisotopic (exact) mass is 349 g/mol. The van der Waals surface area contributed by atoms with Gasteiger partial charge in [-0.25, -0.2) is 0 Å². The van der Waals surface area contributed by atoms with Gasteiger partial charge < -0.3 is 19.4 Å². The fourth-order valence-electron chi connectivity index (χ4n) is 3.95. The summed E-state index contributed by atoms with van der Waals surface area (Å²) in [7, 11) is 1.65. The van der Waals surface area contributed by atoms with Gasteiger partial charge in [0.2, 0.25) is 5.91 Å². The molecular formula is C19H31N3O3. The Kier molecular flexibility index (Phi) is 6.90. The van der Waals surface area contributed by atoms with Crippen LogP contribution in [0.1, 0.15) is 25.0 Å². The molecule has 0 radical (unpaired) electrons. The summed E-state index contributed by atoms with van der Waals surface area (Å²) < 4.78 is 12.8. The Morgan fingerprint density at radius 1 is 1.32 bits per heavy atom. The molecule has 1 atom stereocenters. The summed E-state index contributed by atoms with van der Waals surface area (Å²) in [5.41, 5.74) is 1.36. The van der Waals surface area contributed by atoms with E-state index in [9.17, 15) is 4.79 Å². The number of hydrogen-bond acceptors (Lipinski definition) is 4. The summed E-state index contributed by atoms with van der Waals surface area (Å²) in [6.07, 6.45) is 5.02. The van der Waals surface area contributed by atoms with Crippen LogP contribution in [0.4, 0.5) is 0 Å². The Hall–Kier alpha value is -1.37. The fraction of sp³-hybridized carbons (Fsp3) is 0.737. The van der Waals surface area contributed by atoms with Crippen molar-refractivity contribution in [3.8, 4) is 0 Å². The van der Waals surface area contributed by atoms with Crippen LogP contribution in [0.25, 0.3) is 0 Å². The Labute approximate surface area is 150 Å². The molecule has 25 heavy (non-hydrogen) atoms. The molecule has 1 amide bonds. The summed E-state index contributed by atoms with van der Waals surface area (Å²) in [4.78, 5) is 14.8. The van der Waals surface area contributed by atoms with Crippen LogP contribution in [0.15, 0.2) is 18.3 Å². The number of methoxy groups -OCH3 is 1. The van der Waals surface area contributed by atoms with Gasteiger partial charge in [0, 0.05) is 71.4 Å². The molecule has 140 valence electrons. The van der Waals surface area contributed by atoms with Crippen molar-refractivity contribution in [3.05, 3.63) is 24.0 Å². The van der Waals surface area contributed by atoms with Gasteiger partial charge in [0.1, 0.15) is 0 Å². The molecular weight excluding hydrogens is 318 g/mol. The minimum absolute atomic E-state index is 0.128.